The summed E-state index contributed by atoms with van der Waals surface area (Å²) in [6.45, 7) is 0. The molecular formula is C14H15F3O. The number of benzene rings is 1. The maximum Gasteiger partial charge on any atom is 0.416 e. The van der Waals surface area contributed by atoms with Gasteiger partial charge < -0.3 is 5.11 Å². The van der Waals surface area contributed by atoms with E-state index >= 15 is 0 Å². The van der Waals surface area contributed by atoms with Crippen LogP contribution in [0, 0.1) is 0 Å². The molecule has 1 nitrogen and oxygen atoms in total. The Morgan fingerprint density at radius 2 is 1.83 bits per heavy atom. The fraction of sp³-hybridized carbons (Fsp3) is 0.429. The topological polar surface area (TPSA) is 20.2 Å². The first kappa shape index (κ1) is 13.1. The molecule has 0 aromatic heterocycles. The standard InChI is InChI=1S/C14H15F3O/c15-14(16,17)13-8-4-3-7-12(13)10-5-1-2-6-11(18)9-10/h3-4,7-9,11,18H,1-2,5-6H2. The Labute approximate surface area is 104 Å². The second kappa shape index (κ2) is 5.14. The van der Waals surface area contributed by atoms with Gasteiger partial charge in [0.25, 0.3) is 0 Å². The minimum Gasteiger partial charge on any atom is -0.389 e. The lowest BCUT2D eigenvalue weighted by molar-refractivity contribution is -0.137. The molecule has 1 atom stereocenters. The van der Waals surface area contributed by atoms with E-state index in [9.17, 15) is 18.3 Å². The van der Waals surface area contributed by atoms with E-state index in [-0.39, 0.29) is 5.56 Å². The SMILES string of the molecule is OC1C=C(c2ccccc2C(F)(F)F)CCCC1. The number of rotatable bonds is 1. The first-order chi connectivity index (χ1) is 8.48. The Kier molecular flexibility index (Phi) is 3.76. The predicted molar refractivity (Wildman–Crippen MR) is 63.9 cm³/mol. The zero-order valence-electron chi connectivity index (χ0n) is 9.87. The van der Waals surface area contributed by atoms with Crippen molar-refractivity contribution < 1.29 is 18.3 Å². The highest BCUT2D eigenvalue weighted by Crippen LogP contribution is 2.37. The number of halogens is 3. The van der Waals surface area contributed by atoms with Crippen LogP contribution in [0.5, 0.6) is 0 Å². The largest absolute Gasteiger partial charge is 0.416 e. The van der Waals surface area contributed by atoms with Crippen LogP contribution in [0.25, 0.3) is 5.57 Å². The summed E-state index contributed by atoms with van der Waals surface area (Å²) in [6, 6.07) is 5.56. The lowest BCUT2D eigenvalue weighted by Gasteiger charge is -2.15. The van der Waals surface area contributed by atoms with Gasteiger partial charge in [0.15, 0.2) is 0 Å². The molecule has 0 saturated carbocycles. The smallest absolute Gasteiger partial charge is 0.389 e. The van der Waals surface area contributed by atoms with Crippen molar-refractivity contribution in [2.24, 2.45) is 0 Å². The van der Waals surface area contributed by atoms with Crippen molar-refractivity contribution in [2.45, 2.75) is 38.0 Å². The number of aliphatic hydroxyl groups is 1. The van der Waals surface area contributed by atoms with Crippen LogP contribution >= 0.6 is 0 Å². The molecule has 1 unspecified atom stereocenters. The minimum atomic E-state index is -4.35. The molecule has 0 aliphatic heterocycles. The van der Waals surface area contributed by atoms with Gasteiger partial charge in [-0.3, -0.25) is 0 Å². The first-order valence-corrected chi connectivity index (χ1v) is 6.04. The van der Waals surface area contributed by atoms with Gasteiger partial charge in [-0.25, -0.2) is 0 Å². The molecule has 98 valence electrons. The van der Waals surface area contributed by atoms with Gasteiger partial charge in [-0.1, -0.05) is 30.7 Å². The van der Waals surface area contributed by atoms with Crippen molar-refractivity contribution >= 4 is 5.57 Å². The second-order valence-corrected chi connectivity index (χ2v) is 4.55. The zero-order valence-corrected chi connectivity index (χ0v) is 9.87. The summed E-state index contributed by atoms with van der Waals surface area (Å²) in [6.07, 6.45) is -0.553. The van der Waals surface area contributed by atoms with Crippen LogP contribution in [0.4, 0.5) is 13.2 Å². The van der Waals surface area contributed by atoms with Gasteiger partial charge in [0.05, 0.1) is 11.7 Å². The van der Waals surface area contributed by atoms with Crippen LogP contribution in [0.1, 0.15) is 36.8 Å². The number of hydrogen-bond donors (Lipinski definition) is 1. The third-order valence-electron chi connectivity index (χ3n) is 3.17. The molecule has 2 rings (SSSR count). The molecule has 0 saturated heterocycles. The molecule has 18 heavy (non-hydrogen) atoms. The normalized spacial score (nSPS) is 21.3. The molecular weight excluding hydrogens is 241 g/mol. The number of allylic oxidation sites excluding steroid dienone is 1. The van der Waals surface area contributed by atoms with Crippen LogP contribution < -0.4 is 0 Å². The Hall–Kier alpha value is -1.29. The van der Waals surface area contributed by atoms with Gasteiger partial charge in [0, 0.05) is 0 Å². The lowest BCUT2D eigenvalue weighted by atomic mass is 9.96. The highest BCUT2D eigenvalue weighted by molar-refractivity contribution is 5.69. The first-order valence-electron chi connectivity index (χ1n) is 6.04. The fourth-order valence-corrected chi connectivity index (χ4v) is 2.30. The van der Waals surface area contributed by atoms with Crippen molar-refractivity contribution in [1.29, 1.82) is 0 Å². The van der Waals surface area contributed by atoms with Crippen LogP contribution in [0.2, 0.25) is 0 Å². The molecule has 4 heteroatoms. The Morgan fingerprint density at radius 3 is 2.56 bits per heavy atom. The Balaban J connectivity index is 2.44. The zero-order chi connectivity index (χ0) is 13.2. The van der Waals surface area contributed by atoms with Gasteiger partial charge >= 0.3 is 6.18 Å². The summed E-state index contributed by atoms with van der Waals surface area (Å²) >= 11 is 0. The summed E-state index contributed by atoms with van der Waals surface area (Å²) in [5.41, 5.74) is 0.184. The summed E-state index contributed by atoms with van der Waals surface area (Å²) in [4.78, 5) is 0. The van der Waals surface area contributed by atoms with Gasteiger partial charge in [-0.05, 0) is 36.5 Å². The fourth-order valence-electron chi connectivity index (χ4n) is 2.30. The van der Waals surface area contributed by atoms with Crippen molar-refractivity contribution in [3.05, 3.63) is 41.5 Å². The molecule has 0 bridgehead atoms. The average Bonchev–Trinajstić information content (AvgIpc) is 2.53. The number of alkyl halides is 3. The van der Waals surface area contributed by atoms with E-state index in [0.717, 1.165) is 18.9 Å². The molecule has 0 heterocycles. The Bertz CT molecular complexity index is 449. The van der Waals surface area contributed by atoms with E-state index in [1.54, 1.807) is 12.1 Å². The summed E-state index contributed by atoms with van der Waals surface area (Å²) in [7, 11) is 0. The lowest BCUT2D eigenvalue weighted by Crippen LogP contribution is -2.09. The molecule has 0 spiro atoms. The average molecular weight is 256 g/mol. The van der Waals surface area contributed by atoms with Crippen molar-refractivity contribution in [3.63, 3.8) is 0 Å². The molecule has 1 aliphatic carbocycles. The predicted octanol–water partition coefficient (Wildman–Crippen LogP) is 4.02. The molecule has 1 aromatic rings. The van der Waals surface area contributed by atoms with E-state index in [1.165, 1.54) is 12.1 Å². The minimum absolute atomic E-state index is 0.200. The molecule has 0 amide bonds. The van der Waals surface area contributed by atoms with Gasteiger partial charge in [0.1, 0.15) is 0 Å². The van der Waals surface area contributed by atoms with E-state index in [2.05, 4.69) is 0 Å². The van der Waals surface area contributed by atoms with Gasteiger partial charge in [-0.2, -0.15) is 13.2 Å². The highest BCUT2D eigenvalue weighted by atomic mass is 19.4. The van der Waals surface area contributed by atoms with Crippen molar-refractivity contribution in [1.82, 2.24) is 0 Å². The molecule has 0 fully saturated rings. The molecule has 0 radical (unpaired) electrons. The monoisotopic (exact) mass is 256 g/mol. The van der Waals surface area contributed by atoms with E-state index in [1.807, 2.05) is 0 Å². The van der Waals surface area contributed by atoms with Gasteiger partial charge in [-0.15, -0.1) is 0 Å². The van der Waals surface area contributed by atoms with Crippen LogP contribution in [0.3, 0.4) is 0 Å². The van der Waals surface area contributed by atoms with Crippen LogP contribution in [-0.2, 0) is 6.18 Å². The van der Waals surface area contributed by atoms with E-state index in [4.69, 9.17) is 0 Å². The van der Waals surface area contributed by atoms with Crippen molar-refractivity contribution in [3.8, 4) is 0 Å². The highest BCUT2D eigenvalue weighted by Gasteiger charge is 2.33. The number of hydrogen-bond acceptors (Lipinski definition) is 1. The van der Waals surface area contributed by atoms with Gasteiger partial charge in [0.2, 0.25) is 0 Å². The van der Waals surface area contributed by atoms with E-state index < -0.39 is 17.8 Å². The van der Waals surface area contributed by atoms with Crippen LogP contribution in [-0.4, -0.2) is 11.2 Å². The molecule has 1 N–H and O–H groups in total. The molecule has 1 aromatic carbocycles. The summed E-state index contributed by atoms with van der Waals surface area (Å²) in [5.74, 6) is 0. The maximum absolute atomic E-state index is 12.9. The summed E-state index contributed by atoms with van der Waals surface area (Å²) < 4.78 is 38.7. The molecule has 1 aliphatic rings. The maximum atomic E-state index is 12.9. The Morgan fingerprint density at radius 1 is 1.11 bits per heavy atom. The quantitative estimate of drug-likeness (QED) is 0.804. The van der Waals surface area contributed by atoms with Crippen molar-refractivity contribution in [2.75, 3.05) is 0 Å². The third kappa shape index (κ3) is 2.93. The van der Waals surface area contributed by atoms with E-state index in [0.29, 0.717) is 18.4 Å². The summed E-state index contributed by atoms with van der Waals surface area (Å²) in [5, 5.41) is 9.66. The van der Waals surface area contributed by atoms with Crippen LogP contribution in [0.15, 0.2) is 30.3 Å². The second-order valence-electron chi connectivity index (χ2n) is 4.55. The number of aliphatic hydroxyl groups excluding tert-OH is 1. The third-order valence-corrected chi connectivity index (χ3v) is 3.17.